The molecule has 0 amide bonds. The summed E-state index contributed by atoms with van der Waals surface area (Å²) >= 11 is 1.00. The number of methoxy groups -OCH3 is 2. The Kier molecular flexibility index (Phi) is 5.81. The molecule has 0 unspecified atom stereocenters. The Hall–Kier alpha value is -3.11. The molecule has 146 valence electrons. The van der Waals surface area contributed by atoms with Crippen LogP contribution in [0.3, 0.4) is 0 Å². The predicted molar refractivity (Wildman–Crippen MR) is 96.8 cm³/mol. The Balaban J connectivity index is 1.94. The number of ether oxygens (including phenoxy) is 3. The molecule has 2 aromatic heterocycles. The van der Waals surface area contributed by atoms with Crippen molar-refractivity contribution in [1.82, 2.24) is 9.55 Å². The average Bonchev–Trinajstić information content (AvgIpc) is 3.32. The molecule has 0 saturated carbocycles. The van der Waals surface area contributed by atoms with Crippen molar-refractivity contribution in [2.75, 3.05) is 20.8 Å². The van der Waals surface area contributed by atoms with Gasteiger partial charge in [0.15, 0.2) is 10.7 Å². The Morgan fingerprint density at radius 3 is 2.71 bits per heavy atom. The SMILES string of the molecule is COC(=O)COCn1cc(C(=O)c2nc(C(=O)OC)cs2)c2ccc(F)cc21. The van der Waals surface area contributed by atoms with Crippen LogP contribution in [-0.4, -0.2) is 48.1 Å². The zero-order valence-electron chi connectivity index (χ0n) is 14.9. The molecular weight excluding hydrogens is 391 g/mol. The number of halogens is 1. The molecule has 10 heteroatoms. The summed E-state index contributed by atoms with van der Waals surface area (Å²) in [5.74, 6) is -2.11. The lowest BCUT2D eigenvalue weighted by Crippen LogP contribution is -2.12. The fourth-order valence-corrected chi connectivity index (χ4v) is 3.27. The van der Waals surface area contributed by atoms with Gasteiger partial charge in [-0.3, -0.25) is 4.79 Å². The summed E-state index contributed by atoms with van der Waals surface area (Å²) in [6, 6.07) is 3.97. The molecule has 0 atom stereocenters. The van der Waals surface area contributed by atoms with Gasteiger partial charge in [-0.15, -0.1) is 11.3 Å². The number of rotatable bonds is 7. The number of nitrogens with zero attached hydrogens (tertiary/aromatic N) is 2. The van der Waals surface area contributed by atoms with Crippen molar-refractivity contribution in [3.8, 4) is 0 Å². The highest BCUT2D eigenvalue weighted by Crippen LogP contribution is 2.26. The van der Waals surface area contributed by atoms with Crippen LogP contribution in [-0.2, 0) is 25.7 Å². The van der Waals surface area contributed by atoms with E-state index in [-0.39, 0.29) is 29.6 Å². The van der Waals surface area contributed by atoms with E-state index in [1.165, 1.54) is 48.6 Å². The van der Waals surface area contributed by atoms with Gasteiger partial charge in [0, 0.05) is 17.0 Å². The molecule has 0 bridgehead atoms. The zero-order valence-corrected chi connectivity index (χ0v) is 15.7. The quantitative estimate of drug-likeness (QED) is 0.439. The van der Waals surface area contributed by atoms with Crippen molar-refractivity contribution in [1.29, 1.82) is 0 Å². The van der Waals surface area contributed by atoms with Gasteiger partial charge in [-0.2, -0.15) is 0 Å². The Morgan fingerprint density at radius 2 is 2.00 bits per heavy atom. The molecule has 3 aromatic rings. The maximum Gasteiger partial charge on any atom is 0.357 e. The summed E-state index contributed by atoms with van der Waals surface area (Å²) in [4.78, 5) is 39.6. The van der Waals surface area contributed by atoms with Crippen LogP contribution in [0, 0.1) is 5.82 Å². The lowest BCUT2D eigenvalue weighted by molar-refractivity contribution is -0.147. The van der Waals surface area contributed by atoms with Gasteiger partial charge in [0.1, 0.15) is 19.2 Å². The van der Waals surface area contributed by atoms with Gasteiger partial charge >= 0.3 is 11.9 Å². The van der Waals surface area contributed by atoms with Gasteiger partial charge in [0.25, 0.3) is 0 Å². The zero-order chi connectivity index (χ0) is 20.3. The number of esters is 2. The molecule has 2 heterocycles. The molecule has 3 rings (SSSR count). The molecule has 0 spiro atoms. The van der Waals surface area contributed by atoms with Crippen LogP contribution in [0.15, 0.2) is 29.8 Å². The highest BCUT2D eigenvalue weighted by atomic mass is 32.1. The standard InChI is InChI=1S/C18H15FN2O6S/c1-25-15(22)7-27-9-21-6-12(11-4-3-10(19)5-14(11)21)16(23)17-20-13(8-28-17)18(24)26-2/h3-6,8H,7,9H2,1-2H3. The fraction of sp³-hybridized carbons (Fsp3) is 0.222. The minimum Gasteiger partial charge on any atom is -0.467 e. The monoisotopic (exact) mass is 406 g/mol. The molecule has 0 radical (unpaired) electrons. The molecule has 8 nitrogen and oxygen atoms in total. The van der Waals surface area contributed by atoms with Gasteiger partial charge < -0.3 is 18.8 Å². The summed E-state index contributed by atoms with van der Waals surface area (Å²) < 4.78 is 29.5. The lowest BCUT2D eigenvalue weighted by Gasteiger charge is -2.06. The maximum absolute atomic E-state index is 13.7. The smallest absolute Gasteiger partial charge is 0.357 e. The van der Waals surface area contributed by atoms with E-state index in [1.807, 2.05) is 0 Å². The van der Waals surface area contributed by atoms with Gasteiger partial charge in [0.2, 0.25) is 5.78 Å². The molecule has 1 aromatic carbocycles. The second kappa shape index (κ2) is 8.28. The number of thiazole rings is 1. The summed E-state index contributed by atoms with van der Waals surface area (Å²) in [6.07, 6.45) is 1.49. The van der Waals surface area contributed by atoms with E-state index in [2.05, 4.69) is 14.5 Å². The number of hydrogen-bond donors (Lipinski definition) is 0. The molecule has 0 aliphatic carbocycles. The summed E-state index contributed by atoms with van der Waals surface area (Å²) in [6.45, 7) is -0.378. The number of fused-ring (bicyclic) bond motifs is 1. The van der Waals surface area contributed by atoms with E-state index in [1.54, 1.807) is 0 Å². The minimum absolute atomic E-state index is 0.0343. The summed E-state index contributed by atoms with van der Waals surface area (Å²) in [5, 5.41) is 2.01. The number of benzene rings is 1. The molecular formula is C18H15FN2O6S. The summed E-state index contributed by atoms with van der Waals surface area (Å²) in [5.41, 5.74) is 0.715. The Bertz CT molecular complexity index is 1060. The molecule has 0 aliphatic heterocycles. The number of aromatic nitrogens is 2. The van der Waals surface area contributed by atoms with Crippen molar-refractivity contribution in [2.45, 2.75) is 6.73 Å². The number of ketones is 1. The van der Waals surface area contributed by atoms with Crippen molar-refractivity contribution >= 4 is 40.0 Å². The first-order valence-electron chi connectivity index (χ1n) is 7.96. The third kappa shape index (κ3) is 3.92. The van der Waals surface area contributed by atoms with E-state index in [9.17, 15) is 18.8 Å². The van der Waals surface area contributed by atoms with Crippen molar-refractivity contribution < 1.29 is 33.0 Å². The Morgan fingerprint density at radius 1 is 1.21 bits per heavy atom. The van der Waals surface area contributed by atoms with E-state index < -0.39 is 23.5 Å². The van der Waals surface area contributed by atoms with Gasteiger partial charge in [-0.05, 0) is 18.2 Å². The van der Waals surface area contributed by atoms with Gasteiger partial charge in [-0.25, -0.2) is 19.0 Å². The third-order valence-electron chi connectivity index (χ3n) is 3.86. The third-order valence-corrected chi connectivity index (χ3v) is 4.70. The van der Waals surface area contributed by atoms with Gasteiger partial charge in [0.05, 0.1) is 25.3 Å². The van der Waals surface area contributed by atoms with Crippen LogP contribution in [0.1, 0.15) is 25.9 Å². The molecule has 0 fully saturated rings. The molecule has 0 aliphatic rings. The van der Waals surface area contributed by atoms with Crippen molar-refractivity contribution in [3.05, 3.63) is 51.9 Å². The second-order valence-electron chi connectivity index (χ2n) is 5.59. The predicted octanol–water partition coefficient (Wildman–Crippen LogP) is 2.40. The lowest BCUT2D eigenvalue weighted by atomic mass is 10.1. The maximum atomic E-state index is 13.7. The van der Waals surface area contributed by atoms with Crippen LogP contribution < -0.4 is 0 Å². The van der Waals surface area contributed by atoms with Crippen LogP contribution in [0.2, 0.25) is 0 Å². The van der Waals surface area contributed by atoms with E-state index in [0.29, 0.717) is 10.9 Å². The molecule has 0 N–H and O–H groups in total. The van der Waals surface area contributed by atoms with Crippen molar-refractivity contribution in [3.63, 3.8) is 0 Å². The highest BCUT2D eigenvalue weighted by molar-refractivity contribution is 7.12. The van der Waals surface area contributed by atoms with Gasteiger partial charge in [-0.1, -0.05) is 0 Å². The van der Waals surface area contributed by atoms with Crippen molar-refractivity contribution in [2.24, 2.45) is 0 Å². The normalized spacial score (nSPS) is 10.8. The fourth-order valence-electron chi connectivity index (χ4n) is 2.53. The first kappa shape index (κ1) is 19.6. The Labute approximate surface area is 162 Å². The topological polar surface area (TPSA) is 96.7 Å². The molecule has 0 saturated heterocycles. The van der Waals surface area contributed by atoms with Crippen LogP contribution in [0.25, 0.3) is 10.9 Å². The molecule has 28 heavy (non-hydrogen) atoms. The van der Waals surface area contributed by atoms with Crippen LogP contribution in [0.4, 0.5) is 4.39 Å². The van der Waals surface area contributed by atoms with Crippen LogP contribution in [0.5, 0.6) is 0 Å². The second-order valence-corrected chi connectivity index (χ2v) is 6.44. The summed E-state index contributed by atoms with van der Waals surface area (Å²) in [7, 11) is 2.46. The number of carbonyl (C=O) groups is 3. The largest absolute Gasteiger partial charge is 0.467 e. The average molecular weight is 406 g/mol. The van der Waals surface area contributed by atoms with E-state index >= 15 is 0 Å². The van der Waals surface area contributed by atoms with E-state index in [4.69, 9.17) is 4.74 Å². The first-order valence-corrected chi connectivity index (χ1v) is 8.84. The first-order chi connectivity index (χ1) is 13.4. The minimum atomic E-state index is -0.643. The van der Waals surface area contributed by atoms with E-state index in [0.717, 1.165) is 11.3 Å². The van der Waals surface area contributed by atoms with Crippen LogP contribution >= 0.6 is 11.3 Å². The highest BCUT2D eigenvalue weighted by Gasteiger charge is 2.22. The number of carbonyl (C=O) groups excluding carboxylic acids is 3. The number of hydrogen-bond acceptors (Lipinski definition) is 8.